The summed E-state index contributed by atoms with van der Waals surface area (Å²) in [5.41, 5.74) is 1.52. The van der Waals surface area contributed by atoms with Gasteiger partial charge in [-0.15, -0.1) is 0 Å². The van der Waals surface area contributed by atoms with Gasteiger partial charge >= 0.3 is 0 Å². The van der Waals surface area contributed by atoms with Crippen LogP contribution >= 0.6 is 22.6 Å². The largest absolute Gasteiger partial charge is 0.320 e. The van der Waals surface area contributed by atoms with E-state index in [0.29, 0.717) is 0 Å². The molecule has 3 aromatic rings. The minimum atomic E-state index is -0.628. The van der Waals surface area contributed by atoms with E-state index in [1.807, 2.05) is 18.2 Å². The predicted octanol–water partition coefficient (Wildman–Crippen LogP) is 4.85. The van der Waals surface area contributed by atoms with Crippen LogP contribution in [0.25, 0.3) is 10.8 Å². The summed E-state index contributed by atoms with van der Waals surface area (Å²) >= 11 is 2.23. The van der Waals surface area contributed by atoms with Crippen molar-refractivity contribution in [1.82, 2.24) is 5.32 Å². The van der Waals surface area contributed by atoms with Crippen LogP contribution in [0.2, 0.25) is 0 Å². The third kappa shape index (κ3) is 2.82. The lowest BCUT2D eigenvalue weighted by molar-refractivity contribution is 0.522. The second-order valence-corrected chi connectivity index (χ2v) is 6.96. The van der Waals surface area contributed by atoms with E-state index in [1.54, 1.807) is 0 Å². The molecular formula is C20H16IN3. The minimum absolute atomic E-state index is 0.628. The van der Waals surface area contributed by atoms with E-state index < -0.39 is 5.66 Å². The molecule has 4 rings (SSSR count). The highest BCUT2D eigenvalue weighted by Gasteiger charge is 2.30. The Morgan fingerprint density at radius 1 is 0.833 bits per heavy atom. The Hall–Kier alpha value is -2.21. The first kappa shape index (κ1) is 15.3. The average Bonchev–Trinajstić information content (AvgIpc) is 2.61. The monoisotopic (exact) mass is 425 g/mol. The van der Waals surface area contributed by atoms with Crippen molar-refractivity contribution < 1.29 is 0 Å². The van der Waals surface area contributed by atoms with Gasteiger partial charge in [0.2, 0.25) is 0 Å². The van der Waals surface area contributed by atoms with E-state index in [4.69, 9.17) is 9.98 Å². The zero-order chi connectivity index (χ0) is 16.6. The van der Waals surface area contributed by atoms with Crippen molar-refractivity contribution in [3.8, 4) is 0 Å². The molecule has 3 aromatic carbocycles. The van der Waals surface area contributed by atoms with Crippen LogP contribution in [0.5, 0.6) is 0 Å². The van der Waals surface area contributed by atoms with Crippen LogP contribution in [0, 0.1) is 0 Å². The van der Waals surface area contributed by atoms with E-state index in [-0.39, 0.29) is 0 Å². The Labute approximate surface area is 154 Å². The van der Waals surface area contributed by atoms with Gasteiger partial charge in [-0.1, -0.05) is 66.7 Å². The van der Waals surface area contributed by atoms with Crippen LogP contribution in [0.3, 0.4) is 0 Å². The first-order valence-corrected chi connectivity index (χ1v) is 8.89. The molecule has 1 aliphatic heterocycles. The van der Waals surface area contributed by atoms with Crippen molar-refractivity contribution >= 4 is 43.0 Å². The third-order valence-electron chi connectivity index (χ3n) is 4.21. The van der Waals surface area contributed by atoms with Gasteiger partial charge in [0, 0.05) is 11.1 Å². The van der Waals surface area contributed by atoms with Crippen LogP contribution in [0.15, 0.2) is 82.8 Å². The van der Waals surface area contributed by atoms with Gasteiger partial charge < -0.3 is 5.32 Å². The standard InChI is InChI=1S/C20H16IN3/c1-20(17-12-11-14-7-5-6-10-16(14)13-17)23-18(22-19(21)24-20)15-8-3-2-4-9-15/h2-13H,1H3,(H,22,23,24). The van der Waals surface area contributed by atoms with Gasteiger partial charge in [0.05, 0.1) is 0 Å². The molecule has 0 fully saturated rings. The summed E-state index contributed by atoms with van der Waals surface area (Å²) in [4.78, 5) is 9.70. The zero-order valence-corrected chi connectivity index (χ0v) is 15.4. The molecule has 0 saturated heterocycles. The van der Waals surface area contributed by atoms with E-state index in [0.717, 1.165) is 20.8 Å². The van der Waals surface area contributed by atoms with Crippen molar-refractivity contribution in [2.75, 3.05) is 0 Å². The highest BCUT2D eigenvalue weighted by Crippen LogP contribution is 2.32. The Morgan fingerprint density at radius 2 is 1.54 bits per heavy atom. The molecular weight excluding hydrogens is 409 g/mol. The minimum Gasteiger partial charge on any atom is -0.320 e. The Balaban J connectivity index is 1.84. The van der Waals surface area contributed by atoms with Crippen LogP contribution in [0.4, 0.5) is 0 Å². The number of nitrogens with one attached hydrogen (secondary N) is 1. The molecule has 1 aliphatic rings. The van der Waals surface area contributed by atoms with Crippen LogP contribution in [-0.4, -0.2) is 9.68 Å². The fraction of sp³-hybridized carbons (Fsp3) is 0.100. The average molecular weight is 425 g/mol. The summed E-state index contributed by atoms with van der Waals surface area (Å²) in [6.07, 6.45) is 0. The molecule has 4 heteroatoms. The highest BCUT2D eigenvalue weighted by atomic mass is 127. The topological polar surface area (TPSA) is 36.8 Å². The highest BCUT2D eigenvalue weighted by molar-refractivity contribution is 14.1. The second-order valence-electron chi connectivity index (χ2n) is 5.94. The van der Waals surface area contributed by atoms with Crippen molar-refractivity contribution in [1.29, 1.82) is 0 Å². The summed E-state index contributed by atoms with van der Waals surface area (Å²) in [6, 6.07) is 25.0. The van der Waals surface area contributed by atoms with E-state index >= 15 is 0 Å². The molecule has 0 aromatic heterocycles. The van der Waals surface area contributed by atoms with Crippen molar-refractivity contribution in [3.63, 3.8) is 0 Å². The molecule has 1 atom stereocenters. The SMILES string of the molecule is CC1(c2ccc3ccccc3c2)N=C(I)NC(c2ccccc2)=N1. The number of benzene rings is 3. The molecule has 24 heavy (non-hydrogen) atoms. The van der Waals surface area contributed by atoms with Crippen molar-refractivity contribution in [2.24, 2.45) is 9.98 Å². The molecule has 0 aliphatic carbocycles. The maximum absolute atomic E-state index is 4.92. The number of rotatable bonds is 2. The molecule has 0 saturated carbocycles. The Kier molecular flexibility index (Phi) is 3.84. The normalized spacial score (nSPS) is 20.2. The van der Waals surface area contributed by atoms with E-state index in [1.165, 1.54) is 10.8 Å². The van der Waals surface area contributed by atoms with Gasteiger partial charge in [-0.2, -0.15) is 0 Å². The predicted molar refractivity (Wildman–Crippen MR) is 109 cm³/mol. The molecule has 1 unspecified atom stereocenters. The van der Waals surface area contributed by atoms with Crippen LogP contribution in [0.1, 0.15) is 18.1 Å². The number of hydrogen-bond acceptors (Lipinski definition) is 3. The summed E-state index contributed by atoms with van der Waals surface area (Å²) in [5.74, 6) is 0.852. The Bertz CT molecular complexity index is 963. The summed E-state index contributed by atoms with van der Waals surface area (Å²) < 4.78 is 0.845. The van der Waals surface area contributed by atoms with E-state index in [9.17, 15) is 0 Å². The van der Waals surface area contributed by atoms with Gasteiger partial charge in [0.15, 0.2) is 9.51 Å². The van der Waals surface area contributed by atoms with Gasteiger partial charge in [0.25, 0.3) is 0 Å². The van der Waals surface area contributed by atoms with Gasteiger partial charge in [-0.3, -0.25) is 0 Å². The molecule has 3 nitrogen and oxygen atoms in total. The van der Waals surface area contributed by atoms with Crippen molar-refractivity contribution in [2.45, 2.75) is 12.6 Å². The summed E-state index contributed by atoms with van der Waals surface area (Å²) in [5, 5.41) is 5.71. The van der Waals surface area contributed by atoms with Crippen molar-refractivity contribution in [3.05, 3.63) is 83.9 Å². The van der Waals surface area contributed by atoms with Gasteiger partial charge in [-0.05, 0) is 46.4 Å². The molecule has 1 N–H and O–H groups in total. The maximum atomic E-state index is 4.92. The quantitative estimate of drug-likeness (QED) is 0.463. The van der Waals surface area contributed by atoms with Crippen LogP contribution in [-0.2, 0) is 5.66 Å². The molecule has 0 amide bonds. The lowest BCUT2D eigenvalue weighted by Gasteiger charge is -2.28. The number of hydrogen-bond donors (Lipinski definition) is 1. The first-order chi connectivity index (χ1) is 11.6. The van der Waals surface area contributed by atoms with Gasteiger partial charge in [-0.25, -0.2) is 9.98 Å². The third-order valence-corrected chi connectivity index (χ3v) is 4.72. The molecule has 1 heterocycles. The lowest BCUT2D eigenvalue weighted by Crippen LogP contribution is -2.37. The fourth-order valence-electron chi connectivity index (χ4n) is 2.93. The number of fused-ring (bicyclic) bond motifs is 1. The Morgan fingerprint density at radius 3 is 2.33 bits per heavy atom. The zero-order valence-electron chi connectivity index (χ0n) is 13.2. The lowest BCUT2D eigenvalue weighted by atomic mass is 9.98. The smallest absolute Gasteiger partial charge is 0.178 e. The summed E-state index contributed by atoms with van der Waals surface area (Å²) in [6.45, 7) is 2.06. The molecule has 0 radical (unpaired) electrons. The number of aliphatic imine (C=N–C) groups is 2. The van der Waals surface area contributed by atoms with E-state index in [2.05, 4.69) is 89.4 Å². The van der Waals surface area contributed by atoms with Crippen LogP contribution < -0.4 is 5.32 Å². The summed E-state index contributed by atoms with van der Waals surface area (Å²) in [7, 11) is 0. The number of amidine groups is 2. The second kappa shape index (κ2) is 6.02. The molecule has 0 spiro atoms. The van der Waals surface area contributed by atoms with Gasteiger partial charge in [0.1, 0.15) is 5.84 Å². The fourth-order valence-corrected chi connectivity index (χ4v) is 3.66. The molecule has 0 bridgehead atoms. The number of nitrogens with zero attached hydrogens (tertiary/aromatic N) is 2. The number of halogens is 1. The first-order valence-electron chi connectivity index (χ1n) is 7.81. The molecule has 118 valence electrons. The maximum Gasteiger partial charge on any atom is 0.178 e.